The van der Waals surface area contributed by atoms with Crippen LogP contribution in [0, 0.1) is 5.92 Å². The summed E-state index contributed by atoms with van der Waals surface area (Å²) in [6.07, 6.45) is 3.16. The zero-order valence-corrected chi connectivity index (χ0v) is 12.4. The van der Waals surface area contributed by atoms with Gasteiger partial charge in [0.05, 0.1) is 14.2 Å². The number of hydrogen-bond acceptors (Lipinski definition) is 7. The van der Waals surface area contributed by atoms with E-state index in [2.05, 4.69) is 15.1 Å². The topological polar surface area (TPSA) is 87.3 Å². The molecule has 0 aliphatic rings. The lowest BCUT2D eigenvalue weighted by Gasteiger charge is -2.14. The molecule has 0 saturated carbocycles. The second-order valence-corrected chi connectivity index (χ2v) is 4.82. The molecule has 7 nitrogen and oxygen atoms in total. The summed E-state index contributed by atoms with van der Waals surface area (Å²) in [5, 5.41) is 3.96. The molecule has 1 unspecified atom stereocenters. The standard InChI is InChI=1S/C14H17N3O4/c1-8(2)12(13(18)19-3)11-5-10(17-21-11)9-6-15-14(20-4)16-7-9/h5-8,12H,1-4H3. The van der Waals surface area contributed by atoms with Gasteiger partial charge in [0.2, 0.25) is 0 Å². The fourth-order valence-electron chi connectivity index (χ4n) is 1.97. The minimum atomic E-state index is -0.490. The van der Waals surface area contributed by atoms with E-state index in [9.17, 15) is 4.79 Å². The quantitative estimate of drug-likeness (QED) is 0.779. The van der Waals surface area contributed by atoms with Crippen LogP contribution in [0.2, 0.25) is 0 Å². The fraction of sp³-hybridized carbons (Fsp3) is 0.429. The molecular weight excluding hydrogens is 274 g/mol. The van der Waals surface area contributed by atoms with Crippen LogP contribution in [0.5, 0.6) is 6.01 Å². The third kappa shape index (κ3) is 3.18. The highest BCUT2D eigenvalue weighted by Crippen LogP contribution is 2.29. The van der Waals surface area contributed by atoms with Crippen molar-refractivity contribution in [3.05, 3.63) is 24.2 Å². The van der Waals surface area contributed by atoms with E-state index in [1.807, 2.05) is 13.8 Å². The largest absolute Gasteiger partial charge is 0.468 e. The molecule has 0 N–H and O–H groups in total. The Morgan fingerprint density at radius 3 is 2.43 bits per heavy atom. The highest BCUT2D eigenvalue weighted by Gasteiger charge is 2.29. The predicted molar refractivity (Wildman–Crippen MR) is 73.7 cm³/mol. The van der Waals surface area contributed by atoms with Crippen LogP contribution < -0.4 is 4.74 Å². The minimum absolute atomic E-state index is 0.0327. The van der Waals surface area contributed by atoms with Crippen molar-refractivity contribution in [2.75, 3.05) is 14.2 Å². The maximum absolute atomic E-state index is 11.8. The molecule has 0 fully saturated rings. The molecule has 0 aliphatic carbocycles. The van der Waals surface area contributed by atoms with Gasteiger partial charge in [-0.3, -0.25) is 4.79 Å². The summed E-state index contributed by atoms with van der Waals surface area (Å²) in [4.78, 5) is 19.8. The first kappa shape index (κ1) is 15.0. The van der Waals surface area contributed by atoms with E-state index < -0.39 is 5.92 Å². The van der Waals surface area contributed by atoms with Crippen LogP contribution in [-0.2, 0) is 9.53 Å². The number of nitrogens with zero attached hydrogens (tertiary/aromatic N) is 3. The van der Waals surface area contributed by atoms with E-state index >= 15 is 0 Å². The van der Waals surface area contributed by atoms with Gasteiger partial charge in [-0.15, -0.1) is 0 Å². The highest BCUT2D eigenvalue weighted by atomic mass is 16.5. The highest BCUT2D eigenvalue weighted by molar-refractivity contribution is 5.78. The van der Waals surface area contributed by atoms with Gasteiger partial charge in [0, 0.05) is 24.0 Å². The van der Waals surface area contributed by atoms with Crippen LogP contribution in [0.3, 0.4) is 0 Å². The van der Waals surface area contributed by atoms with Crippen molar-refractivity contribution in [3.8, 4) is 17.3 Å². The van der Waals surface area contributed by atoms with Crippen molar-refractivity contribution < 1.29 is 18.8 Å². The van der Waals surface area contributed by atoms with Gasteiger partial charge in [-0.25, -0.2) is 9.97 Å². The van der Waals surface area contributed by atoms with Crippen LogP contribution in [0.4, 0.5) is 0 Å². The number of rotatable bonds is 5. The first-order valence-electron chi connectivity index (χ1n) is 6.47. The zero-order chi connectivity index (χ0) is 15.4. The zero-order valence-electron chi connectivity index (χ0n) is 12.4. The Kier molecular flexibility index (Phi) is 4.52. The molecule has 112 valence electrons. The lowest BCUT2D eigenvalue weighted by Crippen LogP contribution is -2.19. The van der Waals surface area contributed by atoms with E-state index in [0.717, 1.165) is 0 Å². The molecule has 21 heavy (non-hydrogen) atoms. The van der Waals surface area contributed by atoms with Crippen molar-refractivity contribution >= 4 is 5.97 Å². The average molecular weight is 291 g/mol. The molecule has 0 aliphatic heterocycles. The molecule has 0 amide bonds. The molecule has 2 aromatic rings. The van der Waals surface area contributed by atoms with Gasteiger partial charge in [0.1, 0.15) is 11.6 Å². The number of methoxy groups -OCH3 is 2. The van der Waals surface area contributed by atoms with Gasteiger partial charge in [-0.05, 0) is 5.92 Å². The second kappa shape index (κ2) is 6.34. The summed E-state index contributed by atoms with van der Waals surface area (Å²) in [7, 11) is 2.85. The first-order chi connectivity index (χ1) is 10.1. The Morgan fingerprint density at radius 1 is 1.24 bits per heavy atom. The maximum atomic E-state index is 11.8. The molecule has 0 spiro atoms. The van der Waals surface area contributed by atoms with Crippen LogP contribution >= 0.6 is 0 Å². The SMILES string of the molecule is COC(=O)C(c1cc(-c2cnc(OC)nc2)no1)C(C)C. The fourth-order valence-corrected chi connectivity index (χ4v) is 1.97. The Balaban J connectivity index is 2.29. The lowest BCUT2D eigenvalue weighted by molar-refractivity contribution is -0.144. The van der Waals surface area contributed by atoms with E-state index in [1.165, 1.54) is 14.2 Å². The van der Waals surface area contributed by atoms with Gasteiger partial charge in [-0.2, -0.15) is 0 Å². The summed E-state index contributed by atoms with van der Waals surface area (Å²) in [6, 6.07) is 1.98. The van der Waals surface area contributed by atoms with Crippen molar-refractivity contribution in [2.24, 2.45) is 5.92 Å². The van der Waals surface area contributed by atoms with Crippen LogP contribution in [-0.4, -0.2) is 35.3 Å². The number of ether oxygens (including phenoxy) is 2. The molecule has 2 heterocycles. The Morgan fingerprint density at radius 2 is 1.90 bits per heavy atom. The molecule has 1 atom stereocenters. The predicted octanol–water partition coefficient (Wildman–Crippen LogP) is 2.05. The summed E-state index contributed by atoms with van der Waals surface area (Å²) in [6.45, 7) is 3.83. The second-order valence-electron chi connectivity index (χ2n) is 4.82. The van der Waals surface area contributed by atoms with Crippen LogP contribution in [0.15, 0.2) is 23.0 Å². The smallest absolute Gasteiger partial charge is 0.316 e. The summed E-state index contributed by atoms with van der Waals surface area (Å²) in [5.41, 5.74) is 1.24. The Hall–Kier alpha value is -2.44. The number of carbonyl (C=O) groups excluding carboxylic acids is 1. The van der Waals surface area contributed by atoms with Crippen LogP contribution in [0.1, 0.15) is 25.5 Å². The van der Waals surface area contributed by atoms with E-state index in [1.54, 1.807) is 18.5 Å². The first-order valence-corrected chi connectivity index (χ1v) is 6.47. The van der Waals surface area contributed by atoms with Crippen molar-refractivity contribution in [1.82, 2.24) is 15.1 Å². The normalized spacial score (nSPS) is 12.2. The van der Waals surface area contributed by atoms with Crippen molar-refractivity contribution in [3.63, 3.8) is 0 Å². The molecule has 2 rings (SSSR count). The van der Waals surface area contributed by atoms with Crippen molar-refractivity contribution in [2.45, 2.75) is 19.8 Å². The third-order valence-electron chi connectivity index (χ3n) is 3.06. The Bertz CT molecular complexity index is 607. The van der Waals surface area contributed by atoms with Crippen LogP contribution in [0.25, 0.3) is 11.3 Å². The van der Waals surface area contributed by atoms with Crippen molar-refractivity contribution in [1.29, 1.82) is 0 Å². The molecule has 2 aromatic heterocycles. The van der Waals surface area contributed by atoms with Gasteiger partial charge in [-0.1, -0.05) is 19.0 Å². The van der Waals surface area contributed by atoms with Gasteiger partial charge < -0.3 is 14.0 Å². The average Bonchev–Trinajstić information content (AvgIpc) is 2.96. The lowest BCUT2D eigenvalue weighted by atomic mass is 9.93. The van der Waals surface area contributed by atoms with Gasteiger partial charge in [0.25, 0.3) is 0 Å². The maximum Gasteiger partial charge on any atom is 0.316 e. The number of carbonyl (C=O) groups is 1. The van der Waals surface area contributed by atoms with E-state index in [-0.39, 0.29) is 17.9 Å². The monoisotopic (exact) mass is 291 g/mol. The summed E-state index contributed by atoms with van der Waals surface area (Å²) >= 11 is 0. The summed E-state index contributed by atoms with van der Waals surface area (Å²) in [5.74, 6) is -0.345. The molecular formula is C14H17N3O4. The minimum Gasteiger partial charge on any atom is -0.468 e. The molecule has 0 bridgehead atoms. The molecule has 0 saturated heterocycles. The number of esters is 1. The summed E-state index contributed by atoms with van der Waals surface area (Å²) < 4.78 is 15.0. The molecule has 0 aromatic carbocycles. The Labute approximate surface area is 122 Å². The van der Waals surface area contributed by atoms with Gasteiger partial charge >= 0.3 is 12.0 Å². The van der Waals surface area contributed by atoms with E-state index in [0.29, 0.717) is 17.0 Å². The van der Waals surface area contributed by atoms with E-state index in [4.69, 9.17) is 14.0 Å². The third-order valence-corrected chi connectivity index (χ3v) is 3.06. The molecule has 0 radical (unpaired) electrons. The number of aromatic nitrogens is 3. The van der Waals surface area contributed by atoms with Gasteiger partial charge in [0.15, 0.2) is 5.76 Å². The number of hydrogen-bond donors (Lipinski definition) is 0. The molecule has 7 heteroatoms.